The standard InChI is InChI=1S/C28H27N5O2S/c1-18-8-6-9-20(16-18)32-15-7-11-24(32)27-26(22-10-4-5-14-29-22)31-28(36)33(27)21-12-13-25(35-3)23(17-21)30-19(2)34/h4-17,26-27H,1-3H3,(H,30,34)(H,31,36)/t26-,27-/m1/s1. The summed E-state index contributed by atoms with van der Waals surface area (Å²) >= 11 is 5.88. The van der Waals surface area contributed by atoms with Gasteiger partial charge >= 0.3 is 0 Å². The van der Waals surface area contributed by atoms with E-state index in [1.54, 1.807) is 13.3 Å². The second kappa shape index (κ2) is 9.83. The number of hydrogen-bond donors (Lipinski definition) is 2. The van der Waals surface area contributed by atoms with E-state index in [4.69, 9.17) is 17.0 Å². The summed E-state index contributed by atoms with van der Waals surface area (Å²) in [5, 5.41) is 6.94. The van der Waals surface area contributed by atoms with Crippen LogP contribution in [0.5, 0.6) is 5.75 Å². The SMILES string of the molecule is COc1ccc(N2C(=S)N[C@H](c3ccccn3)[C@H]2c2cccn2-c2cccc(C)c2)cc1NC(C)=O. The minimum absolute atomic E-state index is 0.177. The van der Waals surface area contributed by atoms with E-state index in [1.165, 1.54) is 12.5 Å². The van der Waals surface area contributed by atoms with Crippen molar-refractivity contribution in [1.29, 1.82) is 0 Å². The van der Waals surface area contributed by atoms with Gasteiger partial charge < -0.3 is 24.8 Å². The molecule has 2 N–H and O–H groups in total. The van der Waals surface area contributed by atoms with Gasteiger partial charge in [0.1, 0.15) is 11.8 Å². The van der Waals surface area contributed by atoms with Crippen LogP contribution in [0.3, 0.4) is 0 Å². The highest BCUT2D eigenvalue weighted by molar-refractivity contribution is 7.80. The average molecular weight is 498 g/mol. The monoisotopic (exact) mass is 497 g/mol. The van der Waals surface area contributed by atoms with Gasteiger partial charge in [0.05, 0.1) is 24.5 Å². The predicted molar refractivity (Wildman–Crippen MR) is 146 cm³/mol. The normalized spacial score (nSPS) is 17.1. The van der Waals surface area contributed by atoms with Gasteiger partial charge in [0.2, 0.25) is 5.91 Å². The van der Waals surface area contributed by atoms with Crippen LogP contribution < -0.4 is 20.3 Å². The molecule has 0 radical (unpaired) electrons. The third-order valence-electron chi connectivity index (χ3n) is 6.23. The van der Waals surface area contributed by atoms with E-state index >= 15 is 0 Å². The average Bonchev–Trinajstić information content (AvgIpc) is 3.48. The topological polar surface area (TPSA) is 71.4 Å². The molecule has 2 aromatic carbocycles. The Morgan fingerprint density at radius 2 is 1.92 bits per heavy atom. The minimum Gasteiger partial charge on any atom is -0.495 e. The Hall–Kier alpha value is -4.17. The highest BCUT2D eigenvalue weighted by atomic mass is 32.1. The Bertz CT molecular complexity index is 1420. The van der Waals surface area contributed by atoms with E-state index in [-0.39, 0.29) is 18.0 Å². The molecule has 0 aliphatic carbocycles. The molecule has 2 atom stereocenters. The van der Waals surface area contributed by atoms with E-state index in [9.17, 15) is 4.79 Å². The maximum Gasteiger partial charge on any atom is 0.221 e. The first-order chi connectivity index (χ1) is 17.5. The van der Waals surface area contributed by atoms with Crippen molar-refractivity contribution in [3.63, 3.8) is 0 Å². The fourth-order valence-electron chi connectivity index (χ4n) is 4.71. The van der Waals surface area contributed by atoms with Gasteiger partial charge in [-0.15, -0.1) is 0 Å². The Labute approximate surface area is 215 Å². The van der Waals surface area contributed by atoms with Crippen LogP contribution in [0.15, 0.2) is 85.2 Å². The number of nitrogens with one attached hydrogen (secondary N) is 2. The van der Waals surface area contributed by atoms with E-state index < -0.39 is 0 Å². The van der Waals surface area contributed by atoms with Crippen LogP contribution >= 0.6 is 12.2 Å². The Morgan fingerprint density at radius 3 is 2.64 bits per heavy atom. The summed E-state index contributed by atoms with van der Waals surface area (Å²) in [6.07, 6.45) is 3.86. The molecular formula is C28H27N5O2S. The van der Waals surface area contributed by atoms with Gasteiger partial charge in [-0.25, -0.2) is 0 Å². The number of carbonyl (C=O) groups is 1. The smallest absolute Gasteiger partial charge is 0.221 e. The van der Waals surface area contributed by atoms with Crippen LogP contribution in [0.2, 0.25) is 0 Å². The summed E-state index contributed by atoms with van der Waals surface area (Å²) in [4.78, 5) is 18.6. The number of thiocarbonyl (C=S) groups is 1. The molecule has 36 heavy (non-hydrogen) atoms. The Balaban J connectivity index is 1.66. The first-order valence-electron chi connectivity index (χ1n) is 11.7. The maximum atomic E-state index is 11.9. The van der Waals surface area contributed by atoms with Crippen molar-refractivity contribution >= 4 is 34.6 Å². The first kappa shape index (κ1) is 23.6. The number of aromatic nitrogens is 2. The van der Waals surface area contributed by atoms with E-state index in [1.807, 2.05) is 42.5 Å². The second-order valence-electron chi connectivity index (χ2n) is 8.70. The van der Waals surface area contributed by atoms with Gasteiger partial charge in [-0.05, 0) is 79.3 Å². The van der Waals surface area contributed by atoms with Crippen molar-refractivity contribution in [3.05, 3.63) is 102 Å². The molecule has 4 aromatic rings. The van der Waals surface area contributed by atoms with Crippen LogP contribution in [0.4, 0.5) is 11.4 Å². The summed E-state index contributed by atoms with van der Waals surface area (Å²) in [5.74, 6) is 0.400. The van der Waals surface area contributed by atoms with Gasteiger partial charge in [-0.1, -0.05) is 18.2 Å². The highest BCUT2D eigenvalue weighted by Crippen LogP contribution is 2.43. The third-order valence-corrected chi connectivity index (χ3v) is 6.55. The van der Waals surface area contributed by atoms with Crippen molar-refractivity contribution in [3.8, 4) is 11.4 Å². The summed E-state index contributed by atoms with van der Waals surface area (Å²) < 4.78 is 7.66. The number of amides is 1. The molecule has 1 aliphatic heterocycles. The number of methoxy groups -OCH3 is 1. The number of benzene rings is 2. The molecule has 0 spiro atoms. The van der Waals surface area contributed by atoms with Crippen molar-refractivity contribution in [1.82, 2.24) is 14.9 Å². The lowest BCUT2D eigenvalue weighted by Crippen LogP contribution is -2.30. The lowest BCUT2D eigenvalue weighted by atomic mass is 10.0. The zero-order valence-corrected chi connectivity index (χ0v) is 21.1. The van der Waals surface area contributed by atoms with Crippen molar-refractivity contribution in [2.75, 3.05) is 17.3 Å². The molecule has 0 unspecified atom stereocenters. The molecular weight excluding hydrogens is 470 g/mol. The highest BCUT2D eigenvalue weighted by Gasteiger charge is 2.42. The van der Waals surface area contributed by atoms with E-state index in [2.05, 4.69) is 68.5 Å². The molecule has 2 aromatic heterocycles. The first-order valence-corrected chi connectivity index (χ1v) is 12.1. The number of hydrogen-bond acceptors (Lipinski definition) is 4. The molecule has 1 fully saturated rings. The minimum atomic E-state index is -0.207. The molecule has 1 saturated heterocycles. The number of ether oxygens (including phenoxy) is 1. The largest absolute Gasteiger partial charge is 0.495 e. The zero-order chi connectivity index (χ0) is 25.2. The van der Waals surface area contributed by atoms with Crippen molar-refractivity contribution in [2.24, 2.45) is 0 Å². The van der Waals surface area contributed by atoms with Gasteiger partial charge in [0, 0.05) is 36.4 Å². The van der Waals surface area contributed by atoms with Crippen LogP contribution in [0, 0.1) is 6.92 Å². The number of carbonyl (C=O) groups excluding carboxylic acids is 1. The van der Waals surface area contributed by atoms with Crippen LogP contribution in [-0.4, -0.2) is 27.7 Å². The quantitative estimate of drug-likeness (QED) is 0.351. The van der Waals surface area contributed by atoms with Gasteiger partial charge in [-0.3, -0.25) is 9.78 Å². The molecule has 7 nitrogen and oxygen atoms in total. The van der Waals surface area contributed by atoms with Gasteiger partial charge in [-0.2, -0.15) is 0 Å². The van der Waals surface area contributed by atoms with Crippen molar-refractivity contribution in [2.45, 2.75) is 25.9 Å². The fourth-order valence-corrected chi connectivity index (χ4v) is 5.06. The fraction of sp³-hybridized carbons (Fsp3) is 0.179. The summed E-state index contributed by atoms with van der Waals surface area (Å²) in [5.41, 5.74) is 5.61. The van der Waals surface area contributed by atoms with E-state index in [0.29, 0.717) is 16.5 Å². The van der Waals surface area contributed by atoms with Crippen LogP contribution in [0.25, 0.3) is 5.69 Å². The predicted octanol–water partition coefficient (Wildman–Crippen LogP) is 5.32. The summed E-state index contributed by atoms with van der Waals surface area (Å²) in [6.45, 7) is 3.56. The number of nitrogens with zero attached hydrogens (tertiary/aromatic N) is 3. The Kier molecular flexibility index (Phi) is 6.43. The Morgan fingerprint density at radius 1 is 1.06 bits per heavy atom. The molecule has 8 heteroatoms. The molecule has 5 rings (SSSR count). The molecule has 182 valence electrons. The number of aryl methyl sites for hydroxylation is 1. The number of anilines is 2. The summed E-state index contributed by atoms with van der Waals surface area (Å²) in [6, 6.07) is 23.7. The lowest BCUT2D eigenvalue weighted by Gasteiger charge is -2.29. The second-order valence-corrected chi connectivity index (χ2v) is 9.09. The van der Waals surface area contributed by atoms with Crippen LogP contribution in [0.1, 0.15) is 36.0 Å². The molecule has 0 bridgehead atoms. The van der Waals surface area contributed by atoms with Gasteiger partial charge in [0.25, 0.3) is 0 Å². The molecule has 1 amide bonds. The van der Waals surface area contributed by atoms with E-state index in [0.717, 1.165) is 22.8 Å². The molecule has 1 aliphatic rings. The third kappa shape index (κ3) is 4.43. The maximum absolute atomic E-state index is 11.9. The zero-order valence-electron chi connectivity index (χ0n) is 20.3. The van der Waals surface area contributed by atoms with Gasteiger partial charge in [0.15, 0.2) is 5.11 Å². The summed E-state index contributed by atoms with van der Waals surface area (Å²) in [7, 11) is 1.58. The molecule has 3 heterocycles. The number of rotatable bonds is 6. The van der Waals surface area contributed by atoms with Crippen molar-refractivity contribution < 1.29 is 9.53 Å². The number of pyridine rings is 1. The van der Waals surface area contributed by atoms with Crippen LogP contribution in [-0.2, 0) is 4.79 Å². The molecule has 0 saturated carbocycles. The lowest BCUT2D eigenvalue weighted by molar-refractivity contribution is -0.114.